The van der Waals surface area contributed by atoms with Crippen LogP contribution < -0.4 is 14.8 Å². The highest BCUT2D eigenvalue weighted by atomic mass is 16.5. The molecule has 0 saturated heterocycles. The summed E-state index contributed by atoms with van der Waals surface area (Å²) in [6, 6.07) is 7.48. The second-order valence-corrected chi connectivity index (χ2v) is 8.38. The molecule has 0 heterocycles. The highest BCUT2D eigenvalue weighted by molar-refractivity contribution is 5.82. The summed E-state index contributed by atoms with van der Waals surface area (Å²) >= 11 is 0. The third-order valence-electron chi connectivity index (χ3n) is 6.41. The van der Waals surface area contributed by atoms with Crippen LogP contribution in [-0.4, -0.2) is 24.7 Å². The highest BCUT2D eigenvalue weighted by Gasteiger charge is 2.51. The number of hydrogen-bond acceptors (Lipinski definition) is 3. The number of carbonyl (C=O) groups excluding carboxylic acids is 1. The second-order valence-electron chi connectivity index (χ2n) is 8.38. The van der Waals surface area contributed by atoms with Crippen molar-refractivity contribution in [2.24, 2.45) is 17.8 Å². The molecule has 1 aromatic carbocycles. The van der Waals surface area contributed by atoms with Crippen molar-refractivity contribution in [3.8, 4) is 11.5 Å². The molecule has 0 aliphatic heterocycles. The van der Waals surface area contributed by atoms with Crippen molar-refractivity contribution in [2.75, 3.05) is 7.11 Å². The Morgan fingerprint density at radius 1 is 1.16 bits per heavy atom. The lowest BCUT2D eigenvalue weighted by molar-refractivity contribution is -0.134. The third kappa shape index (κ3) is 3.36. The number of rotatable bonds is 6. The summed E-state index contributed by atoms with van der Waals surface area (Å²) in [5.74, 6) is 3.95. The molecule has 4 aliphatic rings. The van der Waals surface area contributed by atoms with Gasteiger partial charge in [-0.3, -0.25) is 4.79 Å². The Morgan fingerprint density at radius 3 is 2.32 bits per heavy atom. The van der Waals surface area contributed by atoms with E-state index in [1.165, 1.54) is 38.5 Å². The Kier molecular flexibility index (Phi) is 4.38. The first-order chi connectivity index (χ1) is 12.1. The maximum Gasteiger partial charge on any atom is 0.261 e. The smallest absolute Gasteiger partial charge is 0.261 e. The van der Waals surface area contributed by atoms with Gasteiger partial charge in [-0.15, -0.1) is 0 Å². The topological polar surface area (TPSA) is 47.6 Å². The first kappa shape index (κ1) is 16.7. The van der Waals surface area contributed by atoms with Crippen LogP contribution in [0.4, 0.5) is 0 Å². The standard InChI is InChI=1S/C21H29NO3/c1-3-19(25-18-6-4-5-17(10-18)24-2)20(23)22-21-11-14-7-15(12-21)9-16(8-14)13-21/h4-6,10,14-16,19H,3,7-9,11-13H2,1-2H3,(H,22,23)/t14?,15?,16?,19-,21?/m0/s1. The first-order valence-corrected chi connectivity index (χ1v) is 9.72. The molecule has 4 fully saturated rings. The summed E-state index contributed by atoms with van der Waals surface area (Å²) in [5, 5.41) is 3.43. The molecule has 1 amide bonds. The van der Waals surface area contributed by atoms with E-state index in [4.69, 9.17) is 9.47 Å². The van der Waals surface area contributed by atoms with Gasteiger partial charge in [0, 0.05) is 11.6 Å². The predicted octanol–water partition coefficient (Wildman–Crippen LogP) is 3.94. The maximum absolute atomic E-state index is 13.0. The molecule has 0 spiro atoms. The molecule has 0 aromatic heterocycles. The lowest BCUT2D eigenvalue weighted by Gasteiger charge is -2.57. The zero-order valence-electron chi connectivity index (χ0n) is 15.3. The SMILES string of the molecule is CC[C@H](Oc1cccc(OC)c1)C(=O)NC12CC3CC(CC(C3)C1)C2. The van der Waals surface area contributed by atoms with Gasteiger partial charge in [-0.25, -0.2) is 0 Å². The summed E-state index contributed by atoms with van der Waals surface area (Å²) in [4.78, 5) is 13.0. The Balaban J connectivity index is 1.44. The van der Waals surface area contributed by atoms with Gasteiger partial charge in [0.05, 0.1) is 7.11 Å². The third-order valence-corrected chi connectivity index (χ3v) is 6.41. The van der Waals surface area contributed by atoms with Crippen LogP contribution in [0.2, 0.25) is 0 Å². The highest BCUT2D eigenvalue weighted by Crippen LogP contribution is 2.55. The summed E-state index contributed by atoms with van der Waals surface area (Å²) in [7, 11) is 1.64. The van der Waals surface area contributed by atoms with Crippen LogP contribution in [0.25, 0.3) is 0 Å². The van der Waals surface area contributed by atoms with Gasteiger partial charge in [-0.2, -0.15) is 0 Å². The van der Waals surface area contributed by atoms with Crippen LogP contribution in [-0.2, 0) is 4.79 Å². The van der Waals surface area contributed by atoms with Crippen molar-refractivity contribution < 1.29 is 14.3 Å². The van der Waals surface area contributed by atoms with Gasteiger partial charge in [0.1, 0.15) is 11.5 Å². The summed E-state index contributed by atoms with van der Waals surface area (Å²) in [6.07, 6.45) is 7.86. The largest absolute Gasteiger partial charge is 0.497 e. The fraction of sp³-hybridized carbons (Fsp3) is 0.667. The van der Waals surface area contributed by atoms with E-state index in [1.807, 2.05) is 31.2 Å². The van der Waals surface area contributed by atoms with Crippen LogP contribution in [0.1, 0.15) is 51.9 Å². The normalized spacial score (nSPS) is 33.8. The molecule has 1 atom stereocenters. The molecule has 4 aliphatic carbocycles. The minimum absolute atomic E-state index is 0.0387. The molecule has 4 nitrogen and oxygen atoms in total. The van der Waals surface area contributed by atoms with E-state index in [0.29, 0.717) is 12.2 Å². The van der Waals surface area contributed by atoms with Gasteiger partial charge in [0.2, 0.25) is 0 Å². The number of ether oxygens (including phenoxy) is 2. The molecule has 1 aromatic rings. The summed E-state index contributed by atoms with van der Waals surface area (Å²) in [6.45, 7) is 2.00. The van der Waals surface area contributed by atoms with E-state index in [-0.39, 0.29) is 11.4 Å². The molecule has 1 N–H and O–H groups in total. The number of methoxy groups -OCH3 is 1. The Morgan fingerprint density at radius 2 is 1.76 bits per heavy atom. The number of hydrogen-bond donors (Lipinski definition) is 1. The van der Waals surface area contributed by atoms with Crippen molar-refractivity contribution in [1.29, 1.82) is 0 Å². The zero-order chi connectivity index (χ0) is 17.4. The Labute approximate surface area is 150 Å². The zero-order valence-corrected chi connectivity index (χ0v) is 15.3. The van der Waals surface area contributed by atoms with Crippen molar-refractivity contribution in [1.82, 2.24) is 5.32 Å². The molecule has 4 heteroatoms. The van der Waals surface area contributed by atoms with Gasteiger partial charge in [0.15, 0.2) is 6.10 Å². The van der Waals surface area contributed by atoms with Crippen LogP contribution >= 0.6 is 0 Å². The molecule has 25 heavy (non-hydrogen) atoms. The minimum atomic E-state index is -0.444. The Hall–Kier alpha value is -1.71. The molecule has 0 unspecified atom stereocenters. The quantitative estimate of drug-likeness (QED) is 0.851. The van der Waals surface area contributed by atoms with Gasteiger partial charge in [-0.1, -0.05) is 13.0 Å². The van der Waals surface area contributed by atoms with Gasteiger partial charge < -0.3 is 14.8 Å². The average molecular weight is 343 g/mol. The molecule has 5 rings (SSSR count). The fourth-order valence-electron chi connectivity index (χ4n) is 5.77. The maximum atomic E-state index is 13.0. The van der Waals surface area contributed by atoms with Crippen molar-refractivity contribution in [2.45, 2.75) is 63.5 Å². The van der Waals surface area contributed by atoms with Crippen LogP contribution in [0, 0.1) is 17.8 Å². The average Bonchev–Trinajstić information content (AvgIpc) is 2.58. The van der Waals surface area contributed by atoms with E-state index < -0.39 is 6.10 Å². The number of amides is 1. The van der Waals surface area contributed by atoms with Crippen molar-refractivity contribution in [3.63, 3.8) is 0 Å². The summed E-state index contributed by atoms with van der Waals surface area (Å²) in [5.41, 5.74) is 0.0387. The monoisotopic (exact) mass is 343 g/mol. The lowest BCUT2D eigenvalue weighted by Crippen LogP contribution is -2.61. The molecule has 4 saturated carbocycles. The van der Waals surface area contributed by atoms with Gasteiger partial charge in [-0.05, 0) is 74.8 Å². The van der Waals surface area contributed by atoms with E-state index in [0.717, 1.165) is 23.5 Å². The van der Waals surface area contributed by atoms with E-state index in [1.54, 1.807) is 7.11 Å². The van der Waals surface area contributed by atoms with E-state index in [2.05, 4.69) is 5.32 Å². The number of benzene rings is 1. The number of carbonyl (C=O) groups is 1. The second kappa shape index (κ2) is 6.54. The summed E-state index contributed by atoms with van der Waals surface area (Å²) < 4.78 is 11.2. The van der Waals surface area contributed by atoms with Gasteiger partial charge in [0.25, 0.3) is 5.91 Å². The van der Waals surface area contributed by atoms with Crippen molar-refractivity contribution >= 4 is 5.91 Å². The fourth-order valence-corrected chi connectivity index (χ4v) is 5.77. The molecule has 4 bridgehead atoms. The number of nitrogens with one attached hydrogen (secondary N) is 1. The molecule has 136 valence electrons. The minimum Gasteiger partial charge on any atom is -0.497 e. The molecule has 0 radical (unpaired) electrons. The molecular formula is C21H29NO3. The van der Waals surface area contributed by atoms with E-state index >= 15 is 0 Å². The van der Waals surface area contributed by atoms with Crippen LogP contribution in [0.5, 0.6) is 11.5 Å². The predicted molar refractivity (Wildman–Crippen MR) is 96.7 cm³/mol. The first-order valence-electron chi connectivity index (χ1n) is 9.72. The Bertz CT molecular complexity index is 606. The van der Waals surface area contributed by atoms with Crippen LogP contribution in [0.15, 0.2) is 24.3 Å². The van der Waals surface area contributed by atoms with Gasteiger partial charge >= 0.3 is 0 Å². The molecular weight excluding hydrogens is 314 g/mol. The van der Waals surface area contributed by atoms with Crippen molar-refractivity contribution in [3.05, 3.63) is 24.3 Å². The van der Waals surface area contributed by atoms with Crippen LogP contribution in [0.3, 0.4) is 0 Å². The van der Waals surface area contributed by atoms with E-state index in [9.17, 15) is 4.79 Å². The lowest BCUT2D eigenvalue weighted by atomic mass is 9.53.